The number of rotatable bonds is 11. The molecule has 0 unspecified atom stereocenters. The van der Waals surface area contributed by atoms with Crippen LogP contribution in [-0.4, -0.2) is 49.4 Å². The molecule has 218 valence electrons. The minimum Gasteiger partial charge on any atom is -0.491 e. The fraction of sp³-hybridized carbons (Fsp3) is 0.290. The van der Waals surface area contributed by atoms with Crippen LogP contribution in [0.3, 0.4) is 0 Å². The highest BCUT2D eigenvalue weighted by molar-refractivity contribution is 6.31. The summed E-state index contributed by atoms with van der Waals surface area (Å²) >= 11 is 6.33. The number of carbonyl (C=O) groups is 1. The Balaban J connectivity index is 1.38. The van der Waals surface area contributed by atoms with Gasteiger partial charge in [0.05, 0.1) is 25.0 Å². The number of aliphatic hydroxyl groups excluding tert-OH is 1. The average molecular weight is 590 g/mol. The van der Waals surface area contributed by atoms with Gasteiger partial charge in [0, 0.05) is 54.2 Å². The summed E-state index contributed by atoms with van der Waals surface area (Å²) in [6, 6.07) is 15.7. The molecule has 2 atom stereocenters. The van der Waals surface area contributed by atoms with E-state index in [4.69, 9.17) is 21.4 Å². The van der Waals surface area contributed by atoms with Crippen LogP contribution in [0.15, 0.2) is 83.9 Å². The van der Waals surface area contributed by atoms with Gasteiger partial charge in [0.25, 0.3) is 11.5 Å². The van der Waals surface area contributed by atoms with Gasteiger partial charge in [-0.05, 0) is 54.4 Å². The molecule has 3 heterocycles. The quantitative estimate of drug-likeness (QED) is 0.256. The molecule has 4 aromatic rings. The zero-order valence-corrected chi connectivity index (χ0v) is 24.1. The minimum atomic E-state index is -1.82. The lowest BCUT2D eigenvalue weighted by atomic mass is 9.83. The Morgan fingerprint density at radius 3 is 2.76 bits per heavy atom. The summed E-state index contributed by atoms with van der Waals surface area (Å²) in [7, 11) is 1.45. The number of benzene rings is 2. The third kappa shape index (κ3) is 5.61. The molecular weight excluding hydrogens is 558 g/mol. The fourth-order valence-corrected chi connectivity index (χ4v) is 5.39. The molecule has 2 aromatic carbocycles. The van der Waals surface area contributed by atoms with Gasteiger partial charge in [-0.3, -0.25) is 18.8 Å². The van der Waals surface area contributed by atoms with E-state index in [9.17, 15) is 14.7 Å². The summed E-state index contributed by atoms with van der Waals surface area (Å²) in [4.78, 5) is 28.3. The van der Waals surface area contributed by atoms with Crippen LogP contribution in [0.1, 0.15) is 30.2 Å². The third-order valence-corrected chi connectivity index (χ3v) is 7.69. The summed E-state index contributed by atoms with van der Waals surface area (Å²) in [5, 5.41) is 29.5. The first-order valence-electron chi connectivity index (χ1n) is 13.6. The Kier molecular flexibility index (Phi) is 8.58. The lowest BCUT2D eigenvalue weighted by molar-refractivity contribution is -0.139. The Bertz CT molecular complexity index is 1680. The number of halogens is 1. The molecule has 1 aliphatic heterocycles. The van der Waals surface area contributed by atoms with E-state index in [1.807, 2.05) is 30.4 Å². The van der Waals surface area contributed by atoms with E-state index in [0.29, 0.717) is 41.3 Å². The van der Waals surface area contributed by atoms with Crippen molar-refractivity contribution in [3.63, 3.8) is 0 Å². The molecule has 5 rings (SSSR count). The first kappa shape index (κ1) is 29.2. The molecule has 0 spiro atoms. The van der Waals surface area contributed by atoms with Crippen molar-refractivity contribution in [3.8, 4) is 11.4 Å². The number of carbonyl (C=O) groups excluding carboxylic acids is 1. The summed E-state index contributed by atoms with van der Waals surface area (Å²) in [5.74, 6) is -0.788. The number of aryl methyl sites for hydroxylation is 1. The van der Waals surface area contributed by atoms with Gasteiger partial charge in [0.1, 0.15) is 0 Å². The molecule has 0 radical (unpaired) electrons. The molecule has 1 amide bonds. The molecule has 10 nitrogen and oxygen atoms in total. The number of aromatic nitrogens is 4. The summed E-state index contributed by atoms with van der Waals surface area (Å²) < 4.78 is 8.35. The normalized spacial score (nSPS) is 17.2. The first-order chi connectivity index (χ1) is 20.3. The average Bonchev–Trinajstić information content (AvgIpc) is 3.52. The number of fused-ring (bicyclic) bond motifs is 1. The maximum atomic E-state index is 13.9. The number of pyridine rings is 1. The maximum Gasteiger partial charge on any atom is 0.297 e. The van der Waals surface area contributed by atoms with Crippen LogP contribution in [0.25, 0.3) is 5.69 Å². The third-order valence-electron chi connectivity index (χ3n) is 7.46. The van der Waals surface area contributed by atoms with E-state index in [1.54, 1.807) is 65.3 Å². The van der Waals surface area contributed by atoms with Gasteiger partial charge in [-0.25, -0.2) is 0 Å². The number of hydrogen-bond acceptors (Lipinski definition) is 7. The van der Waals surface area contributed by atoms with Gasteiger partial charge in [0.2, 0.25) is 0 Å². The van der Waals surface area contributed by atoms with Crippen molar-refractivity contribution in [2.24, 2.45) is 5.92 Å². The molecule has 1 aliphatic rings. The van der Waals surface area contributed by atoms with Crippen LogP contribution in [0.5, 0.6) is 5.75 Å². The van der Waals surface area contributed by atoms with Gasteiger partial charge in [-0.15, -0.1) is 5.10 Å². The van der Waals surface area contributed by atoms with Crippen LogP contribution >= 0.6 is 11.6 Å². The van der Waals surface area contributed by atoms with E-state index in [2.05, 4.69) is 10.3 Å². The molecule has 0 bridgehead atoms. The molecule has 0 aliphatic carbocycles. The number of allylic oxidation sites excluding steroid dienone is 1. The van der Waals surface area contributed by atoms with Crippen LogP contribution in [-0.2, 0) is 29.9 Å². The molecule has 0 fully saturated rings. The molecule has 11 heteroatoms. The Morgan fingerprint density at radius 1 is 1.14 bits per heavy atom. The monoisotopic (exact) mass is 589 g/mol. The van der Waals surface area contributed by atoms with Gasteiger partial charge in [0.15, 0.2) is 11.4 Å². The SMILES string of the molecule is COc1cccn(-c2cccc(CN3C(=O)[C@](O)([C@H](C)/C=C/CCn4cc(CCO)nn4)c4cc(Cl)ccc43)c2)c1=O. The van der Waals surface area contributed by atoms with Gasteiger partial charge in [-0.2, -0.15) is 0 Å². The highest BCUT2D eigenvalue weighted by Crippen LogP contribution is 2.46. The summed E-state index contributed by atoms with van der Waals surface area (Å²) in [6.45, 7) is 2.56. The number of nitrogens with zero attached hydrogens (tertiary/aromatic N) is 5. The highest BCUT2D eigenvalue weighted by Gasteiger charge is 2.52. The minimum absolute atomic E-state index is 0.0129. The van der Waals surface area contributed by atoms with Crippen molar-refractivity contribution < 1.29 is 19.7 Å². The van der Waals surface area contributed by atoms with Crippen LogP contribution in [0, 0.1) is 5.92 Å². The number of anilines is 1. The van der Waals surface area contributed by atoms with Crippen molar-refractivity contribution in [1.29, 1.82) is 0 Å². The van der Waals surface area contributed by atoms with Crippen molar-refractivity contribution in [1.82, 2.24) is 19.6 Å². The second-order valence-corrected chi connectivity index (χ2v) is 10.6. The standard InChI is InChI=1S/C31H32ClN5O5/c1-21(7-3-4-14-35-20-24(13-16-38)33-34-35)31(41)26-18-23(32)11-12-27(26)37(30(31)40)19-22-8-5-9-25(17-22)36-15-6-10-28(42-2)29(36)39/h3,5-12,15,17-18,20-21,38,41H,4,13-14,16,19H2,1-2H3/b7-3+/t21-,31+/m1/s1. The van der Waals surface area contributed by atoms with Crippen LogP contribution in [0.4, 0.5) is 5.69 Å². The lowest BCUT2D eigenvalue weighted by Crippen LogP contribution is -2.44. The molecule has 2 N–H and O–H groups in total. The second-order valence-electron chi connectivity index (χ2n) is 10.2. The van der Waals surface area contributed by atoms with Crippen molar-refractivity contribution >= 4 is 23.2 Å². The Hall–Kier alpha value is -4.25. The lowest BCUT2D eigenvalue weighted by Gasteiger charge is -2.28. The predicted octanol–water partition coefficient (Wildman–Crippen LogP) is 3.64. The van der Waals surface area contributed by atoms with Crippen molar-refractivity contribution in [2.75, 3.05) is 18.6 Å². The molecule has 0 saturated heterocycles. The Labute approximate surface area is 248 Å². The molecule has 0 saturated carbocycles. The summed E-state index contributed by atoms with van der Waals surface area (Å²) in [6.07, 6.45) is 8.24. The number of hydrogen-bond donors (Lipinski definition) is 2. The zero-order chi connectivity index (χ0) is 29.9. The topological polar surface area (TPSA) is 123 Å². The van der Waals surface area contributed by atoms with Gasteiger partial charge in [-0.1, -0.05) is 48.0 Å². The number of aliphatic hydroxyl groups is 2. The molecular formula is C31H32ClN5O5. The van der Waals surface area contributed by atoms with E-state index in [0.717, 1.165) is 11.3 Å². The first-order valence-corrected chi connectivity index (χ1v) is 14.0. The van der Waals surface area contributed by atoms with E-state index < -0.39 is 17.4 Å². The highest BCUT2D eigenvalue weighted by atomic mass is 35.5. The van der Waals surface area contributed by atoms with E-state index in [-0.39, 0.29) is 24.5 Å². The van der Waals surface area contributed by atoms with E-state index >= 15 is 0 Å². The summed E-state index contributed by atoms with van der Waals surface area (Å²) in [5.41, 5.74) is 1.03. The smallest absolute Gasteiger partial charge is 0.297 e. The van der Waals surface area contributed by atoms with Gasteiger partial charge < -0.3 is 19.8 Å². The van der Waals surface area contributed by atoms with Crippen molar-refractivity contribution in [3.05, 3.63) is 111 Å². The molecule has 2 aromatic heterocycles. The van der Waals surface area contributed by atoms with Gasteiger partial charge >= 0.3 is 0 Å². The van der Waals surface area contributed by atoms with Crippen LogP contribution in [0.2, 0.25) is 5.02 Å². The van der Waals surface area contributed by atoms with Crippen molar-refractivity contribution in [2.45, 2.75) is 38.5 Å². The largest absolute Gasteiger partial charge is 0.491 e. The second kappa shape index (κ2) is 12.3. The number of ether oxygens (including phenoxy) is 1. The van der Waals surface area contributed by atoms with Crippen LogP contribution < -0.4 is 15.2 Å². The molecule has 42 heavy (non-hydrogen) atoms. The number of methoxy groups -OCH3 is 1. The predicted molar refractivity (Wildman–Crippen MR) is 159 cm³/mol. The van der Waals surface area contributed by atoms with E-state index in [1.165, 1.54) is 11.7 Å². The number of amides is 1. The maximum absolute atomic E-state index is 13.9. The zero-order valence-electron chi connectivity index (χ0n) is 23.4. The Morgan fingerprint density at radius 2 is 1.98 bits per heavy atom. The fourth-order valence-electron chi connectivity index (χ4n) is 5.22.